The quantitative estimate of drug-likeness (QED) is 0.375. The van der Waals surface area contributed by atoms with Gasteiger partial charge in [-0.3, -0.25) is 0 Å². The van der Waals surface area contributed by atoms with Crippen LogP contribution in [0, 0.1) is 0 Å². The van der Waals surface area contributed by atoms with E-state index in [1.54, 1.807) is 36.2 Å². The van der Waals surface area contributed by atoms with Crippen molar-refractivity contribution in [1.82, 2.24) is 4.90 Å². The molecule has 0 saturated heterocycles. The molecular formula is C12H16F3N3O. The van der Waals surface area contributed by atoms with E-state index < -0.39 is 12.6 Å². The molecule has 1 aromatic rings. The standard InChI is InChI=1S/C12H16F3N3O/c1-18(6-5-12(13,14)15)8-9-3-2-4-10(7-9)11(16)17-19/h2-4,7,19H,5-6,8H2,1H3,(H2,16,17). The Kier molecular flexibility index (Phi) is 5.17. The molecule has 106 valence electrons. The monoisotopic (exact) mass is 275 g/mol. The van der Waals surface area contributed by atoms with Crippen molar-refractivity contribution in [3.05, 3.63) is 35.4 Å². The number of nitrogens with zero attached hydrogens (tertiary/aromatic N) is 2. The van der Waals surface area contributed by atoms with Gasteiger partial charge in [0.2, 0.25) is 0 Å². The lowest BCUT2D eigenvalue weighted by atomic mass is 10.1. The first-order valence-electron chi connectivity index (χ1n) is 5.64. The van der Waals surface area contributed by atoms with Crippen molar-refractivity contribution in [2.45, 2.75) is 19.1 Å². The average molecular weight is 275 g/mol. The van der Waals surface area contributed by atoms with E-state index in [1.807, 2.05) is 0 Å². The summed E-state index contributed by atoms with van der Waals surface area (Å²) in [5.41, 5.74) is 6.78. The van der Waals surface area contributed by atoms with E-state index in [9.17, 15) is 13.2 Å². The van der Waals surface area contributed by atoms with E-state index in [-0.39, 0.29) is 12.4 Å². The van der Waals surface area contributed by atoms with E-state index in [1.165, 1.54) is 0 Å². The SMILES string of the molecule is CN(CCC(F)(F)F)Cc1cccc(C(N)=NO)c1. The van der Waals surface area contributed by atoms with Gasteiger partial charge in [0.1, 0.15) is 0 Å². The molecule has 0 amide bonds. The van der Waals surface area contributed by atoms with Crippen LogP contribution in [-0.2, 0) is 6.54 Å². The van der Waals surface area contributed by atoms with Crippen LogP contribution in [0.2, 0.25) is 0 Å². The number of hydrogen-bond acceptors (Lipinski definition) is 3. The highest BCUT2D eigenvalue weighted by atomic mass is 19.4. The van der Waals surface area contributed by atoms with Crippen molar-refractivity contribution in [2.75, 3.05) is 13.6 Å². The maximum atomic E-state index is 12.1. The number of oxime groups is 1. The lowest BCUT2D eigenvalue weighted by molar-refractivity contribution is -0.137. The number of amidine groups is 1. The van der Waals surface area contributed by atoms with Crippen LogP contribution in [0.5, 0.6) is 0 Å². The first-order valence-corrected chi connectivity index (χ1v) is 5.64. The van der Waals surface area contributed by atoms with Crippen molar-refractivity contribution in [3.63, 3.8) is 0 Å². The summed E-state index contributed by atoms with van der Waals surface area (Å²) in [6.45, 7) is 0.292. The highest BCUT2D eigenvalue weighted by Gasteiger charge is 2.26. The summed E-state index contributed by atoms with van der Waals surface area (Å²) in [7, 11) is 1.61. The van der Waals surface area contributed by atoms with Gasteiger partial charge in [0.25, 0.3) is 0 Å². The van der Waals surface area contributed by atoms with Gasteiger partial charge in [-0.25, -0.2) is 0 Å². The van der Waals surface area contributed by atoms with E-state index in [4.69, 9.17) is 10.9 Å². The lowest BCUT2D eigenvalue weighted by Crippen LogP contribution is -2.24. The number of rotatable bonds is 5. The van der Waals surface area contributed by atoms with Gasteiger partial charge in [-0.2, -0.15) is 13.2 Å². The van der Waals surface area contributed by atoms with Crippen molar-refractivity contribution < 1.29 is 18.4 Å². The number of benzene rings is 1. The first kappa shape index (κ1) is 15.3. The molecule has 1 aromatic carbocycles. The Labute approximate surface area is 109 Å². The molecule has 7 heteroatoms. The van der Waals surface area contributed by atoms with Crippen LogP contribution in [-0.4, -0.2) is 35.7 Å². The van der Waals surface area contributed by atoms with Crippen molar-refractivity contribution in [3.8, 4) is 0 Å². The van der Waals surface area contributed by atoms with Gasteiger partial charge in [0, 0.05) is 18.7 Å². The van der Waals surface area contributed by atoms with Crippen molar-refractivity contribution >= 4 is 5.84 Å². The summed E-state index contributed by atoms with van der Waals surface area (Å²) in [6, 6.07) is 6.83. The van der Waals surface area contributed by atoms with Crippen LogP contribution in [0.15, 0.2) is 29.4 Å². The van der Waals surface area contributed by atoms with Crippen molar-refractivity contribution in [2.24, 2.45) is 10.9 Å². The minimum absolute atomic E-state index is 0.0280. The summed E-state index contributed by atoms with van der Waals surface area (Å²) in [6.07, 6.45) is -4.99. The maximum Gasteiger partial charge on any atom is 0.390 e. The molecule has 0 aliphatic carbocycles. The Morgan fingerprint density at radius 2 is 2.11 bits per heavy atom. The number of hydrogen-bond donors (Lipinski definition) is 2. The Morgan fingerprint density at radius 3 is 2.68 bits per heavy atom. The number of halogens is 3. The van der Waals surface area contributed by atoms with Gasteiger partial charge in [0.05, 0.1) is 6.42 Å². The third kappa shape index (κ3) is 5.60. The molecule has 0 fully saturated rings. The molecule has 0 radical (unpaired) electrons. The van der Waals surface area contributed by atoms with Crippen LogP contribution in [0.4, 0.5) is 13.2 Å². The van der Waals surface area contributed by atoms with Crippen molar-refractivity contribution in [1.29, 1.82) is 0 Å². The molecule has 1 rings (SSSR count). The molecule has 3 N–H and O–H groups in total. The zero-order chi connectivity index (χ0) is 14.5. The summed E-state index contributed by atoms with van der Waals surface area (Å²) in [4.78, 5) is 1.57. The molecule has 0 aliphatic heterocycles. The molecule has 0 saturated carbocycles. The third-order valence-electron chi connectivity index (χ3n) is 2.56. The van der Waals surface area contributed by atoms with Gasteiger partial charge in [-0.15, -0.1) is 0 Å². The van der Waals surface area contributed by atoms with Gasteiger partial charge in [-0.1, -0.05) is 23.4 Å². The maximum absolute atomic E-state index is 12.1. The van der Waals surface area contributed by atoms with Crippen LogP contribution in [0.1, 0.15) is 17.5 Å². The fourth-order valence-corrected chi connectivity index (χ4v) is 1.60. The normalized spacial score (nSPS) is 13.0. The zero-order valence-electron chi connectivity index (χ0n) is 10.5. The molecule has 0 aliphatic rings. The Bertz CT molecular complexity index is 446. The third-order valence-corrected chi connectivity index (χ3v) is 2.56. The van der Waals surface area contributed by atoms with Crippen LogP contribution in [0.25, 0.3) is 0 Å². The summed E-state index contributed by atoms with van der Waals surface area (Å²) >= 11 is 0. The Hall–Kier alpha value is -1.76. The number of alkyl halides is 3. The molecule has 0 heterocycles. The fourth-order valence-electron chi connectivity index (χ4n) is 1.60. The summed E-state index contributed by atoms with van der Waals surface area (Å²) in [5.74, 6) is -0.0280. The zero-order valence-corrected chi connectivity index (χ0v) is 10.5. The fraction of sp³-hybridized carbons (Fsp3) is 0.417. The Balaban J connectivity index is 2.62. The second-order valence-electron chi connectivity index (χ2n) is 4.29. The second kappa shape index (κ2) is 6.42. The molecule has 19 heavy (non-hydrogen) atoms. The molecule has 0 unspecified atom stereocenters. The summed E-state index contributed by atoms with van der Waals surface area (Å²) in [5, 5.41) is 11.4. The minimum Gasteiger partial charge on any atom is -0.409 e. The smallest absolute Gasteiger partial charge is 0.390 e. The number of nitrogens with two attached hydrogens (primary N) is 1. The molecular weight excluding hydrogens is 259 g/mol. The Morgan fingerprint density at radius 1 is 1.42 bits per heavy atom. The summed E-state index contributed by atoms with van der Waals surface area (Å²) < 4.78 is 36.3. The molecule has 0 bridgehead atoms. The largest absolute Gasteiger partial charge is 0.409 e. The predicted molar refractivity (Wildman–Crippen MR) is 66.0 cm³/mol. The molecule has 4 nitrogen and oxygen atoms in total. The molecule has 0 aromatic heterocycles. The van der Waals surface area contributed by atoms with Gasteiger partial charge in [-0.05, 0) is 18.7 Å². The van der Waals surface area contributed by atoms with Crippen LogP contribution < -0.4 is 5.73 Å². The predicted octanol–water partition coefficient (Wildman–Crippen LogP) is 2.17. The molecule has 0 atom stereocenters. The average Bonchev–Trinajstić information content (AvgIpc) is 2.35. The first-order chi connectivity index (χ1) is 8.81. The molecule has 0 spiro atoms. The van der Waals surface area contributed by atoms with E-state index in [0.717, 1.165) is 5.56 Å². The van der Waals surface area contributed by atoms with Gasteiger partial charge >= 0.3 is 6.18 Å². The van der Waals surface area contributed by atoms with E-state index in [0.29, 0.717) is 12.1 Å². The lowest BCUT2D eigenvalue weighted by Gasteiger charge is -2.18. The van der Waals surface area contributed by atoms with Crippen LogP contribution >= 0.6 is 0 Å². The highest BCUT2D eigenvalue weighted by molar-refractivity contribution is 5.97. The van der Waals surface area contributed by atoms with E-state index in [2.05, 4.69) is 5.16 Å². The van der Waals surface area contributed by atoms with E-state index >= 15 is 0 Å². The second-order valence-corrected chi connectivity index (χ2v) is 4.29. The van der Waals surface area contributed by atoms with Gasteiger partial charge in [0.15, 0.2) is 5.84 Å². The van der Waals surface area contributed by atoms with Gasteiger partial charge < -0.3 is 15.8 Å². The topological polar surface area (TPSA) is 61.8 Å². The highest BCUT2D eigenvalue weighted by Crippen LogP contribution is 2.20. The van der Waals surface area contributed by atoms with Crippen LogP contribution in [0.3, 0.4) is 0 Å². The minimum atomic E-state index is -4.15.